The lowest BCUT2D eigenvalue weighted by molar-refractivity contribution is 0.0714. The van der Waals surface area contributed by atoms with Crippen LogP contribution in [0.4, 0.5) is 5.69 Å². The first-order chi connectivity index (χ1) is 10.1. The number of amides is 1. The quantitative estimate of drug-likeness (QED) is 0.855. The molecule has 0 atom stereocenters. The molecule has 1 aromatic heterocycles. The Balaban J connectivity index is 1.66. The number of benzene rings is 1. The predicted molar refractivity (Wildman–Crippen MR) is 83.0 cm³/mol. The highest BCUT2D eigenvalue weighted by atomic mass is 35.5. The zero-order chi connectivity index (χ0) is 14.8. The largest absolute Gasteiger partial charge is 0.459 e. The highest BCUT2D eigenvalue weighted by Gasteiger charge is 2.24. The zero-order valence-corrected chi connectivity index (χ0v) is 12.6. The van der Waals surface area contributed by atoms with Crippen molar-refractivity contribution in [2.45, 2.75) is 6.92 Å². The van der Waals surface area contributed by atoms with Crippen LogP contribution in [0.1, 0.15) is 16.1 Å². The predicted octanol–water partition coefficient (Wildman–Crippen LogP) is 3.20. The van der Waals surface area contributed by atoms with Crippen LogP contribution in [0.5, 0.6) is 0 Å². The molecule has 2 aromatic rings. The van der Waals surface area contributed by atoms with Gasteiger partial charge < -0.3 is 14.2 Å². The number of carbonyl (C=O) groups is 1. The van der Waals surface area contributed by atoms with E-state index in [1.807, 2.05) is 23.1 Å². The molecule has 3 rings (SSSR count). The van der Waals surface area contributed by atoms with Crippen molar-refractivity contribution in [3.8, 4) is 0 Å². The minimum absolute atomic E-state index is 0.0347. The minimum Gasteiger partial charge on any atom is -0.459 e. The number of aryl methyl sites for hydroxylation is 1. The second-order valence-corrected chi connectivity index (χ2v) is 5.62. The van der Waals surface area contributed by atoms with E-state index in [0.717, 1.165) is 23.7 Å². The Bertz CT molecular complexity index is 632. The van der Waals surface area contributed by atoms with Crippen LogP contribution in [-0.4, -0.2) is 37.0 Å². The van der Waals surface area contributed by atoms with Crippen molar-refractivity contribution in [2.24, 2.45) is 0 Å². The lowest BCUT2D eigenvalue weighted by atomic mass is 10.1. The van der Waals surface area contributed by atoms with Crippen LogP contribution >= 0.6 is 11.6 Å². The van der Waals surface area contributed by atoms with Crippen molar-refractivity contribution in [3.05, 3.63) is 52.9 Å². The number of carbonyl (C=O) groups excluding carboxylic acids is 1. The highest BCUT2D eigenvalue weighted by Crippen LogP contribution is 2.24. The first kappa shape index (κ1) is 14.0. The van der Waals surface area contributed by atoms with E-state index in [1.54, 1.807) is 12.1 Å². The number of piperazine rings is 1. The average Bonchev–Trinajstić information content (AvgIpc) is 3.01. The number of hydrogen-bond acceptors (Lipinski definition) is 3. The summed E-state index contributed by atoms with van der Waals surface area (Å²) in [7, 11) is 0. The van der Waals surface area contributed by atoms with E-state index in [0.29, 0.717) is 18.8 Å². The molecule has 0 bridgehead atoms. The third-order valence-corrected chi connectivity index (χ3v) is 4.03. The zero-order valence-electron chi connectivity index (χ0n) is 11.9. The van der Waals surface area contributed by atoms with Crippen LogP contribution in [0.15, 0.2) is 41.0 Å². The summed E-state index contributed by atoms with van der Waals surface area (Å²) in [5.41, 5.74) is 2.35. The van der Waals surface area contributed by atoms with Gasteiger partial charge in [-0.2, -0.15) is 0 Å². The van der Waals surface area contributed by atoms with E-state index < -0.39 is 0 Å². The van der Waals surface area contributed by atoms with E-state index in [-0.39, 0.29) is 5.91 Å². The van der Waals surface area contributed by atoms with Gasteiger partial charge in [-0.3, -0.25) is 4.79 Å². The molecule has 2 heterocycles. The van der Waals surface area contributed by atoms with Gasteiger partial charge in [0.25, 0.3) is 5.91 Å². The molecule has 1 aliphatic rings. The van der Waals surface area contributed by atoms with E-state index in [2.05, 4.69) is 11.8 Å². The van der Waals surface area contributed by atoms with Gasteiger partial charge in [0.15, 0.2) is 5.76 Å². The Hall–Kier alpha value is -1.94. The van der Waals surface area contributed by atoms with Gasteiger partial charge in [-0.15, -0.1) is 0 Å². The van der Waals surface area contributed by atoms with E-state index in [1.165, 1.54) is 12.0 Å². The van der Waals surface area contributed by atoms with Crippen LogP contribution < -0.4 is 4.90 Å². The highest BCUT2D eigenvalue weighted by molar-refractivity contribution is 6.30. The molecular formula is C16H17ClN2O2. The lowest BCUT2D eigenvalue weighted by Gasteiger charge is -2.36. The van der Waals surface area contributed by atoms with E-state index >= 15 is 0 Å². The molecule has 1 amide bonds. The molecule has 1 aliphatic heterocycles. The molecule has 1 fully saturated rings. The molecular weight excluding hydrogens is 288 g/mol. The SMILES string of the molecule is Cc1cc(Cl)ccc1N1CCN(C(=O)c2ccco2)CC1. The Morgan fingerprint density at radius 2 is 1.95 bits per heavy atom. The Labute approximate surface area is 128 Å². The van der Waals surface area contributed by atoms with Gasteiger partial charge in [-0.1, -0.05) is 11.6 Å². The van der Waals surface area contributed by atoms with Crippen LogP contribution in [0.25, 0.3) is 0 Å². The first-order valence-corrected chi connectivity index (χ1v) is 7.37. The van der Waals surface area contributed by atoms with E-state index in [9.17, 15) is 4.79 Å². The fourth-order valence-corrected chi connectivity index (χ4v) is 2.91. The third-order valence-electron chi connectivity index (χ3n) is 3.80. The molecule has 4 nitrogen and oxygen atoms in total. The molecule has 0 spiro atoms. The van der Waals surface area contributed by atoms with Crippen molar-refractivity contribution < 1.29 is 9.21 Å². The van der Waals surface area contributed by atoms with Crippen molar-refractivity contribution in [1.29, 1.82) is 0 Å². The minimum atomic E-state index is -0.0347. The number of rotatable bonds is 2. The van der Waals surface area contributed by atoms with Crippen molar-refractivity contribution in [1.82, 2.24) is 4.90 Å². The van der Waals surface area contributed by atoms with Crippen LogP contribution in [0.2, 0.25) is 5.02 Å². The molecule has 21 heavy (non-hydrogen) atoms. The van der Waals surface area contributed by atoms with Gasteiger partial charge in [-0.25, -0.2) is 0 Å². The smallest absolute Gasteiger partial charge is 0.289 e. The van der Waals surface area contributed by atoms with Gasteiger partial charge >= 0.3 is 0 Å². The van der Waals surface area contributed by atoms with Gasteiger partial charge in [0, 0.05) is 36.9 Å². The molecule has 1 aromatic carbocycles. The maximum absolute atomic E-state index is 12.2. The van der Waals surface area contributed by atoms with Gasteiger partial charge in [0.05, 0.1) is 6.26 Å². The fourth-order valence-electron chi connectivity index (χ4n) is 2.68. The number of nitrogens with zero attached hydrogens (tertiary/aromatic N) is 2. The maximum Gasteiger partial charge on any atom is 0.289 e. The number of anilines is 1. The monoisotopic (exact) mass is 304 g/mol. The maximum atomic E-state index is 12.2. The number of hydrogen-bond donors (Lipinski definition) is 0. The van der Waals surface area contributed by atoms with Gasteiger partial charge in [0.2, 0.25) is 0 Å². The standard InChI is InChI=1S/C16H17ClN2O2/c1-12-11-13(17)4-5-14(12)18-6-8-19(9-7-18)16(20)15-3-2-10-21-15/h2-5,10-11H,6-9H2,1H3. The molecule has 0 N–H and O–H groups in total. The Kier molecular flexibility index (Phi) is 3.88. The summed E-state index contributed by atoms with van der Waals surface area (Å²) in [5, 5.41) is 0.753. The topological polar surface area (TPSA) is 36.7 Å². The first-order valence-electron chi connectivity index (χ1n) is 6.99. The molecule has 0 aliphatic carbocycles. The summed E-state index contributed by atoms with van der Waals surface area (Å²) in [4.78, 5) is 16.3. The normalized spacial score (nSPS) is 15.3. The molecule has 0 saturated carbocycles. The fraction of sp³-hybridized carbons (Fsp3) is 0.312. The summed E-state index contributed by atoms with van der Waals surface area (Å²) in [6.45, 7) is 5.08. The van der Waals surface area contributed by atoms with Crippen molar-refractivity contribution in [3.63, 3.8) is 0 Å². The summed E-state index contributed by atoms with van der Waals surface area (Å²) >= 11 is 6.00. The molecule has 110 valence electrons. The molecule has 0 radical (unpaired) electrons. The Morgan fingerprint density at radius 3 is 2.57 bits per heavy atom. The molecule has 5 heteroatoms. The molecule has 0 unspecified atom stereocenters. The third kappa shape index (κ3) is 2.90. The average molecular weight is 305 g/mol. The summed E-state index contributed by atoms with van der Waals surface area (Å²) in [6, 6.07) is 9.36. The summed E-state index contributed by atoms with van der Waals surface area (Å²) < 4.78 is 5.17. The van der Waals surface area contributed by atoms with Crippen LogP contribution in [0.3, 0.4) is 0 Å². The van der Waals surface area contributed by atoms with Crippen molar-refractivity contribution >= 4 is 23.2 Å². The second-order valence-electron chi connectivity index (χ2n) is 5.19. The number of furan rings is 1. The number of halogens is 1. The molecule has 1 saturated heterocycles. The second kappa shape index (κ2) is 5.82. The summed E-state index contributed by atoms with van der Waals surface area (Å²) in [5.74, 6) is 0.374. The summed E-state index contributed by atoms with van der Waals surface area (Å²) in [6.07, 6.45) is 1.53. The van der Waals surface area contributed by atoms with Gasteiger partial charge in [0.1, 0.15) is 0 Å². The van der Waals surface area contributed by atoms with Gasteiger partial charge in [-0.05, 0) is 42.8 Å². The van der Waals surface area contributed by atoms with Crippen LogP contribution in [0, 0.1) is 6.92 Å². The van der Waals surface area contributed by atoms with Crippen molar-refractivity contribution in [2.75, 3.05) is 31.1 Å². The van der Waals surface area contributed by atoms with Crippen LogP contribution in [-0.2, 0) is 0 Å². The Morgan fingerprint density at radius 1 is 1.19 bits per heavy atom. The lowest BCUT2D eigenvalue weighted by Crippen LogP contribution is -2.48. The van der Waals surface area contributed by atoms with E-state index in [4.69, 9.17) is 16.0 Å².